The molecule has 0 aliphatic rings. The lowest BCUT2D eigenvalue weighted by molar-refractivity contribution is 0.459. The van der Waals surface area contributed by atoms with Gasteiger partial charge in [0.05, 0.1) is 6.26 Å². The minimum Gasteiger partial charge on any atom is -0.516 e. The predicted molar refractivity (Wildman–Crippen MR) is 68.2 cm³/mol. The van der Waals surface area contributed by atoms with Crippen LogP contribution in [0, 0.1) is 0 Å². The lowest BCUT2D eigenvalue weighted by atomic mass is 10.0. The summed E-state index contributed by atoms with van der Waals surface area (Å²) in [6, 6.07) is 0. The Kier molecular flexibility index (Phi) is 11.3. The van der Waals surface area contributed by atoms with E-state index in [1.807, 2.05) is 0 Å². The second kappa shape index (κ2) is 11.6. The predicted octanol–water partition coefficient (Wildman–Crippen LogP) is 5.37. The van der Waals surface area contributed by atoms with Crippen LogP contribution in [0.5, 0.6) is 0 Å². The minimum atomic E-state index is 0.993. The zero-order valence-corrected chi connectivity index (χ0v) is 10.6. The van der Waals surface area contributed by atoms with E-state index in [1.165, 1.54) is 63.2 Å². The highest BCUT2D eigenvalue weighted by Crippen LogP contribution is 2.14. The summed E-state index contributed by atoms with van der Waals surface area (Å²) in [5.74, 6) is 0. The zero-order chi connectivity index (χ0) is 11.4. The summed E-state index contributed by atoms with van der Waals surface area (Å²) in [6.45, 7) is 4.36. The molecule has 0 bridgehead atoms. The van der Waals surface area contributed by atoms with Crippen LogP contribution in [0.15, 0.2) is 11.8 Å². The van der Waals surface area contributed by atoms with Crippen molar-refractivity contribution >= 4 is 0 Å². The highest BCUT2D eigenvalue weighted by atomic mass is 16.2. The largest absolute Gasteiger partial charge is 0.516 e. The Hall–Kier alpha value is -0.460. The molecule has 1 heteroatoms. The molecule has 0 aromatic heterocycles. The van der Waals surface area contributed by atoms with Gasteiger partial charge in [0.25, 0.3) is 0 Å². The summed E-state index contributed by atoms with van der Waals surface area (Å²) < 4.78 is 0. The van der Waals surface area contributed by atoms with Gasteiger partial charge in [0, 0.05) is 0 Å². The standard InChI is InChI=1S/C14H28O/c1-3-5-6-7-8-9-10-11-12-14(4-2)13-15/h13,15H,3-12H2,1-2H3/b14-13+. The van der Waals surface area contributed by atoms with Crippen LogP contribution in [0.4, 0.5) is 0 Å². The van der Waals surface area contributed by atoms with Gasteiger partial charge in [-0.15, -0.1) is 0 Å². The first-order valence-corrected chi connectivity index (χ1v) is 6.67. The monoisotopic (exact) mass is 212 g/mol. The molecule has 0 rings (SSSR count). The first-order chi connectivity index (χ1) is 7.35. The fraction of sp³-hybridized carbons (Fsp3) is 0.857. The van der Waals surface area contributed by atoms with Crippen molar-refractivity contribution in [2.45, 2.75) is 78.1 Å². The van der Waals surface area contributed by atoms with Gasteiger partial charge in [0.15, 0.2) is 0 Å². The number of unbranched alkanes of at least 4 members (excludes halogenated alkanes) is 7. The summed E-state index contributed by atoms with van der Waals surface area (Å²) >= 11 is 0. The first-order valence-electron chi connectivity index (χ1n) is 6.67. The van der Waals surface area contributed by atoms with E-state index >= 15 is 0 Å². The normalized spacial score (nSPS) is 12.0. The molecule has 0 heterocycles. The smallest absolute Gasteiger partial charge is 0.0783 e. The van der Waals surface area contributed by atoms with Crippen LogP contribution in [-0.2, 0) is 0 Å². The molecule has 15 heavy (non-hydrogen) atoms. The molecule has 0 amide bonds. The third kappa shape index (κ3) is 9.84. The van der Waals surface area contributed by atoms with Crippen molar-refractivity contribution in [1.29, 1.82) is 0 Å². The second-order valence-corrected chi connectivity index (χ2v) is 4.37. The maximum absolute atomic E-state index is 8.86. The van der Waals surface area contributed by atoms with Gasteiger partial charge in [-0.2, -0.15) is 0 Å². The van der Waals surface area contributed by atoms with Crippen LogP contribution in [-0.4, -0.2) is 5.11 Å². The second-order valence-electron chi connectivity index (χ2n) is 4.37. The van der Waals surface area contributed by atoms with E-state index in [-0.39, 0.29) is 0 Å². The SMILES string of the molecule is CCCCCCCCCC/C(=C/O)CC. The number of allylic oxidation sites excluding steroid dienone is 1. The number of aliphatic hydroxyl groups is 1. The van der Waals surface area contributed by atoms with Crippen molar-refractivity contribution in [3.63, 3.8) is 0 Å². The van der Waals surface area contributed by atoms with Crippen molar-refractivity contribution in [1.82, 2.24) is 0 Å². The lowest BCUT2D eigenvalue weighted by Gasteiger charge is -2.03. The van der Waals surface area contributed by atoms with Crippen LogP contribution in [0.25, 0.3) is 0 Å². The fourth-order valence-corrected chi connectivity index (χ4v) is 1.82. The Morgan fingerprint density at radius 3 is 1.87 bits per heavy atom. The molecule has 0 atom stereocenters. The van der Waals surface area contributed by atoms with Crippen LogP contribution in [0.1, 0.15) is 78.1 Å². The maximum atomic E-state index is 8.86. The van der Waals surface area contributed by atoms with Crippen LogP contribution in [0.2, 0.25) is 0 Å². The Morgan fingerprint density at radius 2 is 1.40 bits per heavy atom. The van der Waals surface area contributed by atoms with E-state index in [0.29, 0.717) is 0 Å². The zero-order valence-electron chi connectivity index (χ0n) is 10.6. The number of hydrogen-bond donors (Lipinski definition) is 1. The van der Waals surface area contributed by atoms with Gasteiger partial charge in [0.1, 0.15) is 0 Å². The molecule has 0 saturated heterocycles. The van der Waals surface area contributed by atoms with Gasteiger partial charge in [-0.1, -0.05) is 58.8 Å². The van der Waals surface area contributed by atoms with Gasteiger partial charge in [0.2, 0.25) is 0 Å². The van der Waals surface area contributed by atoms with E-state index < -0.39 is 0 Å². The van der Waals surface area contributed by atoms with Crippen molar-refractivity contribution in [3.8, 4) is 0 Å². The quantitative estimate of drug-likeness (QED) is 0.381. The number of rotatable bonds is 10. The molecule has 1 nitrogen and oxygen atoms in total. The average Bonchev–Trinajstić information content (AvgIpc) is 2.27. The van der Waals surface area contributed by atoms with E-state index in [9.17, 15) is 0 Å². The van der Waals surface area contributed by atoms with Crippen molar-refractivity contribution < 1.29 is 5.11 Å². The fourth-order valence-electron chi connectivity index (χ4n) is 1.82. The highest BCUT2D eigenvalue weighted by molar-refractivity contribution is 4.95. The molecule has 0 saturated carbocycles. The van der Waals surface area contributed by atoms with E-state index in [4.69, 9.17) is 5.11 Å². The average molecular weight is 212 g/mol. The minimum absolute atomic E-state index is 0.993. The third-order valence-electron chi connectivity index (χ3n) is 2.99. The summed E-state index contributed by atoms with van der Waals surface area (Å²) in [7, 11) is 0. The van der Waals surface area contributed by atoms with Crippen molar-refractivity contribution in [3.05, 3.63) is 11.8 Å². The molecule has 0 unspecified atom stereocenters. The molecular weight excluding hydrogens is 184 g/mol. The highest BCUT2D eigenvalue weighted by Gasteiger charge is 1.95. The summed E-state index contributed by atoms with van der Waals surface area (Å²) in [6.07, 6.45) is 14.2. The number of aliphatic hydroxyl groups excluding tert-OH is 1. The van der Waals surface area contributed by atoms with Crippen molar-refractivity contribution in [2.75, 3.05) is 0 Å². The number of hydrogen-bond acceptors (Lipinski definition) is 1. The topological polar surface area (TPSA) is 20.2 Å². The van der Waals surface area contributed by atoms with Crippen LogP contribution < -0.4 is 0 Å². The Balaban J connectivity index is 3.11. The third-order valence-corrected chi connectivity index (χ3v) is 2.99. The molecule has 0 aliphatic carbocycles. The molecule has 0 aromatic rings. The molecule has 0 fully saturated rings. The van der Waals surface area contributed by atoms with Gasteiger partial charge < -0.3 is 5.11 Å². The van der Waals surface area contributed by atoms with Gasteiger partial charge in [-0.25, -0.2) is 0 Å². The molecule has 1 N–H and O–H groups in total. The molecular formula is C14H28O. The molecule has 0 radical (unpaired) electrons. The van der Waals surface area contributed by atoms with Crippen LogP contribution in [0.3, 0.4) is 0 Å². The first kappa shape index (κ1) is 14.5. The Morgan fingerprint density at radius 1 is 0.867 bits per heavy atom. The van der Waals surface area contributed by atoms with E-state index in [1.54, 1.807) is 0 Å². The van der Waals surface area contributed by atoms with Gasteiger partial charge in [-0.3, -0.25) is 0 Å². The molecule has 0 spiro atoms. The maximum Gasteiger partial charge on any atom is 0.0783 e. The van der Waals surface area contributed by atoms with Gasteiger partial charge in [-0.05, 0) is 24.8 Å². The van der Waals surface area contributed by atoms with E-state index in [0.717, 1.165) is 12.8 Å². The van der Waals surface area contributed by atoms with Crippen LogP contribution >= 0.6 is 0 Å². The Labute approximate surface area is 95.6 Å². The van der Waals surface area contributed by atoms with Crippen molar-refractivity contribution in [2.24, 2.45) is 0 Å². The molecule has 0 aliphatic heterocycles. The summed E-state index contributed by atoms with van der Waals surface area (Å²) in [5.41, 5.74) is 1.20. The van der Waals surface area contributed by atoms with Gasteiger partial charge >= 0.3 is 0 Å². The Bertz CT molecular complexity index is 149. The molecule has 90 valence electrons. The summed E-state index contributed by atoms with van der Waals surface area (Å²) in [4.78, 5) is 0. The van der Waals surface area contributed by atoms with E-state index in [2.05, 4.69) is 13.8 Å². The molecule has 0 aromatic carbocycles. The summed E-state index contributed by atoms with van der Waals surface area (Å²) in [5, 5.41) is 8.86. The lowest BCUT2D eigenvalue weighted by Crippen LogP contribution is -1.84.